The van der Waals surface area contributed by atoms with Crippen LogP contribution in [0.25, 0.3) is 16.9 Å². The molecule has 1 amide bonds. The Bertz CT molecular complexity index is 1400. The third-order valence-corrected chi connectivity index (χ3v) is 6.35. The first-order chi connectivity index (χ1) is 17.1. The molecule has 1 aliphatic rings. The van der Waals surface area contributed by atoms with Crippen LogP contribution in [0.2, 0.25) is 0 Å². The largest absolute Gasteiger partial charge is 0.497 e. The van der Waals surface area contributed by atoms with Gasteiger partial charge >= 0.3 is 0 Å². The van der Waals surface area contributed by atoms with Gasteiger partial charge in [-0.05, 0) is 74.2 Å². The number of nitrogens with two attached hydrogens (primary N) is 1. The Morgan fingerprint density at radius 1 is 1.06 bits per heavy atom. The molecule has 1 aliphatic heterocycles. The molecule has 2 aromatic heterocycles. The molecule has 8 nitrogen and oxygen atoms in total. The fourth-order valence-electron chi connectivity index (χ4n) is 4.59. The van der Waals surface area contributed by atoms with Gasteiger partial charge in [0.25, 0.3) is 5.91 Å². The summed E-state index contributed by atoms with van der Waals surface area (Å²) in [5.41, 5.74) is 9.30. The molecule has 0 unspecified atom stereocenters. The average molecular weight is 470 g/mol. The van der Waals surface area contributed by atoms with Crippen LogP contribution >= 0.6 is 0 Å². The molecule has 4 aromatic rings. The van der Waals surface area contributed by atoms with Gasteiger partial charge < -0.3 is 20.1 Å². The number of likely N-dealkylation sites (tertiary alicyclic amines) is 1. The van der Waals surface area contributed by atoms with Crippen LogP contribution < -0.4 is 15.2 Å². The van der Waals surface area contributed by atoms with Gasteiger partial charge in [0.15, 0.2) is 11.3 Å². The van der Waals surface area contributed by atoms with Crippen molar-refractivity contribution in [1.82, 2.24) is 19.5 Å². The number of carbonyl (C=O) groups excluding carboxylic acids is 1. The maximum Gasteiger partial charge on any atom is 0.269 e. The second-order valence-electron chi connectivity index (χ2n) is 8.49. The number of hydrogen-bond acceptors (Lipinski definition) is 5. The number of rotatable bonds is 6. The van der Waals surface area contributed by atoms with E-state index in [-0.39, 0.29) is 0 Å². The van der Waals surface area contributed by atoms with Crippen molar-refractivity contribution in [2.45, 2.75) is 25.7 Å². The predicted molar refractivity (Wildman–Crippen MR) is 134 cm³/mol. The molecule has 0 aliphatic carbocycles. The van der Waals surface area contributed by atoms with E-state index in [1.807, 2.05) is 61.7 Å². The molecule has 0 spiro atoms. The second kappa shape index (κ2) is 9.47. The Morgan fingerprint density at radius 3 is 2.29 bits per heavy atom. The van der Waals surface area contributed by atoms with E-state index in [1.165, 1.54) is 0 Å². The van der Waals surface area contributed by atoms with E-state index < -0.39 is 5.91 Å². The van der Waals surface area contributed by atoms with Crippen LogP contribution in [0.15, 0.2) is 54.7 Å². The summed E-state index contributed by atoms with van der Waals surface area (Å²) in [6, 6.07) is 18.0. The molecule has 2 aromatic carbocycles. The highest BCUT2D eigenvalue weighted by molar-refractivity contribution is 5.98. The molecular weight excluding hydrogens is 442 g/mol. The number of nitrogens with zero attached hydrogens (tertiary/aromatic N) is 3. The second-order valence-corrected chi connectivity index (χ2v) is 8.49. The SMILES string of the molecule is CC#CN1CCC(c2c[nH]n3c(C(N)=O)c(-c4ccc(Oc5ccc(OC)cc5)cc4)nc23)CC1. The predicted octanol–water partition coefficient (Wildman–Crippen LogP) is 4.39. The van der Waals surface area contributed by atoms with Crippen molar-refractivity contribution in [2.75, 3.05) is 20.2 Å². The third-order valence-electron chi connectivity index (χ3n) is 6.35. The molecule has 0 radical (unpaired) electrons. The maximum absolute atomic E-state index is 12.4. The number of nitrogens with one attached hydrogen (secondary N) is 1. The van der Waals surface area contributed by atoms with Crippen LogP contribution in [0, 0.1) is 12.0 Å². The van der Waals surface area contributed by atoms with Gasteiger partial charge in [0.05, 0.1) is 7.11 Å². The highest BCUT2D eigenvalue weighted by Crippen LogP contribution is 2.34. The lowest BCUT2D eigenvalue weighted by Gasteiger charge is -2.28. The fraction of sp³-hybridized carbons (Fsp3) is 0.259. The van der Waals surface area contributed by atoms with Gasteiger partial charge in [0, 0.05) is 36.5 Å². The van der Waals surface area contributed by atoms with Crippen LogP contribution in [0.5, 0.6) is 17.2 Å². The molecule has 5 rings (SSSR count). The van der Waals surface area contributed by atoms with E-state index in [0.29, 0.717) is 28.8 Å². The Hall–Kier alpha value is -4.38. The van der Waals surface area contributed by atoms with Crippen molar-refractivity contribution >= 4 is 11.6 Å². The molecule has 0 atom stereocenters. The molecule has 8 heteroatoms. The number of amides is 1. The number of piperidine rings is 1. The number of fused-ring (bicyclic) bond motifs is 1. The van der Waals surface area contributed by atoms with Gasteiger partial charge in [-0.3, -0.25) is 9.89 Å². The van der Waals surface area contributed by atoms with Crippen molar-refractivity contribution in [3.05, 3.63) is 66.0 Å². The van der Waals surface area contributed by atoms with Crippen LogP contribution in [0.4, 0.5) is 0 Å². The van der Waals surface area contributed by atoms with Gasteiger partial charge in [-0.1, -0.05) is 5.92 Å². The van der Waals surface area contributed by atoms with E-state index in [1.54, 1.807) is 11.6 Å². The molecule has 1 saturated heterocycles. The summed E-state index contributed by atoms with van der Waals surface area (Å²) in [5.74, 6) is 4.92. The molecule has 35 heavy (non-hydrogen) atoms. The number of aromatic amines is 1. The van der Waals surface area contributed by atoms with E-state index >= 15 is 0 Å². The summed E-state index contributed by atoms with van der Waals surface area (Å²) in [7, 11) is 1.63. The summed E-state index contributed by atoms with van der Waals surface area (Å²) < 4.78 is 12.8. The molecule has 178 valence electrons. The normalized spacial score (nSPS) is 13.9. The average Bonchev–Trinajstić information content (AvgIpc) is 3.45. The van der Waals surface area contributed by atoms with Crippen molar-refractivity contribution in [3.63, 3.8) is 0 Å². The lowest BCUT2D eigenvalue weighted by atomic mass is 9.91. The number of aromatic nitrogens is 3. The smallest absolute Gasteiger partial charge is 0.269 e. The summed E-state index contributed by atoms with van der Waals surface area (Å²) in [6.45, 7) is 3.68. The summed E-state index contributed by atoms with van der Waals surface area (Å²) in [5, 5.41) is 3.19. The molecule has 0 bridgehead atoms. The van der Waals surface area contributed by atoms with E-state index in [4.69, 9.17) is 20.2 Å². The molecule has 0 saturated carbocycles. The number of H-pyrrole nitrogens is 1. The van der Waals surface area contributed by atoms with Crippen LogP contribution in [0.1, 0.15) is 41.7 Å². The quantitative estimate of drug-likeness (QED) is 0.408. The monoisotopic (exact) mass is 469 g/mol. The van der Waals surface area contributed by atoms with Crippen molar-refractivity contribution in [2.24, 2.45) is 5.73 Å². The Balaban J connectivity index is 1.42. The van der Waals surface area contributed by atoms with Gasteiger partial charge in [-0.15, -0.1) is 0 Å². The van der Waals surface area contributed by atoms with Crippen LogP contribution in [0.3, 0.4) is 0 Å². The highest BCUT2D eigenvalue weighted by atomic mass is 16.5. The minimum absolute atomic E-state index is 0.337. The van der Waals surface area contributed by atoms with Gasteiger partial charge in [0.2, 0.25) is 0 Å². The number of benzene rings is 2. The zero-order valence-corrected chi connectivity index (χ0v) is 19.7. The lowest BCUT2D eigenvalue weighted by Crippen LogP contribution is -2.29. The third kappa shape index (κ3) is 4.41. The zero-order valence-electron chi connectivity index (χ0n) is 19.7. The molecule has 1 fully saturated rings. The number of primary amides is 1. The fourth-order valence-corrected chi connectivity index (χ4v) is 4.59. The number of hydrogen-bond donors (Lipinski definition) is 2. The Morgan fingerprint density at radius 2 is 1.69 bits per heavy atom. The minimum Gasteiger partial charge on any atom is -0.497 e. The zero-order chi connectivity index (χ0) is 24.4. The standard InChI is InChI=1S/C27H27N5O3/c1-3-14-31-15-12-18(13-16-31)23-17-29-32-25(26(28)33)24(30-27(23)32)19-4-6-21(7-5-19)35-22-10-8-20(34-2)9-11-22/h4-11,17-18,29H,12-13,15-16H2,1-2H3,(H2,28,33). The number of methoxy groups -OCH3 is 1. The first kappa shape index (κ1) is 22.4. The number of ether oxygens (including phenoxy) is 2. The first-order valence-electron chi connectivity index (χ1n) is 11.6. The molecule has 3 heterocycles. The van der Waals surface area contributed by atoms with E-state index in [2.05, 4.69) is 22.0 Å². The van der Waals surface area contributed by atoms with E-state index in [9.17, 15) is 4.79 Å². The lowest BCUT2D eigenvalue weighted by molar-refractivity contribution is 0.0994. The Labute approximate surface area is 203 Å². The Kier molecular flexibility index (Phi) is 6.06. The van der Waals surface area contributed by atoms with E-state index in [0.717, 1.165) is 48.5 Å². The van der Waals surface area contributed by atoms with Crippen LogP contribution in [-0.2, 0) is 0 Å². The van der Waals surface area contributed by atoms with Crippen molar-refractivity contribution < 1.29 is 14.3 Å². The minimum atomic E-state index is -0.535. The molecular formula is C27H27N5O3. The van der Waals surface area contributed by atoms with Gasteiger partial charge in [-0.25, -0.2) is 9.50 Å². The van der Waals surface area contributed by atoms with Crippen molar-refractivity contribution in [3.8, 4) is 40.5 Å². The van der Waals surface area contributed by atoms with Crippen molar-refractivity contribution in [1.29, 1.82) is 0 Å². The van der Waals surface area contributed by atoms with Gasteiger partial charge in [0.1, 0.15) is 22.9 Å². The number of imidazole rings is 1. The summed E-state index contributed by atoms with van der Waals surface area (Å²) in [4.78, 5) is 19.4. The maximum atomic E-state index is 12.4. The number of carbonyl (C=O) groups is 1. The first-order valence-corrected chi connectivity index (χ1v) is 11.6. The summed E-state index contributed by atoms with van der Waals surface area (Å²) in [6.07, 6.45) is 3.90. The summed E-state index contributed by atoms with van der Waals surface area (Å²) >= 11 is 0. The molecule has 3 N–H and O–H groups in total. The van der Waals surface area contributed by atoms with Crippen LogP contribution in [-0.4, -0.2) is 45.6 Å². The highest BCUT2D eigenvalue weighted by Gasteiger charge is 2.27. The van der Waals surface area contributed by atoms with Gasteiger partial charge in [-0.2, -0.15) is 0 Å². The topological polar surface area (TPSA) is 97.9 Å².